The first-order valence-corrected chi connectivity index (χ1v) is 7.16. The summed E-state index contributed by atoms with van der Waals surface area (Å²) in [5.41, 5.74) is -0.379. The summed E-state index contributed by atoms with van der Waals surface area (Å²) in [6.45, 7) is 2.70. The highest BCUT2D eigenvalue weighted by molar-refractivity contribution is 5.92. The van der Waals surface area contributed by atoms with Crippen molar-refractivity contribution in [1.82, 2.24) is 4.90 Å². The molecule has 1 aliphatic rings. The summed E-state index contributed by atoms with van der Waals surface area (Å²) in [6, 6.07) is 1.75. The highest BCUT2D eigenvalue weighted by atomic mass is 19.2. The highest BCUT2D eigenvalue weighted by Crippen LogP contribution is 2.23. The van der Waals surface area contributed by atoms with Gasteiger partial charge in [-0.2, -0.15) is 0 Å². The molecule has 120 valence electrons. The molecule has 1 saturated heterocycles. The number of anilines is 1. The summed E-state index contributed by atoms with van der Waals surface area (Å²) >= 11 is 0. The molecule has 0 aromatic heterocycles. The van der Waals surface area contributed by atoms with Gasteiger partial charge in [-0.25, -0.2) is 13.2 Å². The molecule has 1 aliphatic heterocycles. The highest BCUT2D eigenvalue weighted by Gasteiger charge is 2.27. The molecular weight excluding hydrogens is 297 g/mol. The molecule has 22 heavy (non-hydrogen) atoms. The lowest BCUT2D eigenvalue weighted by Crippen LogP contribution is -2.41. The second-order valence-electron chi connectivity index (χ2n) is 5.22. The van der Waals surface area contributed by atoms with Crippen LogP contribution in [-0.2, 0) is 9.59 Å². The quantitative estimate of drug-likeness (QED) is 0.872. The molecule has 0 saturated carbocycles. The van der Waals surface area contributed by atoms with E-state index < -0.39 is 23.4 Å². The van der Waals surface area contributed by atoms with Crippen molar-refractivity contribution < 1.29 is 22.8 Å². The second kappa shape index (κ2) is 6.81. The van der Waals surface area contributed by atoms with Crippen LogP contribution in [0.4, 0.5) is 18.9 Å². The summed E-state index contributed by atoms with van der Waals surface area (Å²) < 4.78 is 39.5. The Kier molecular flexibility index (Phi) is 5.05. The largest absolute Gasteiger partial charge is 0.343 e. The minimum Gasteiger partial charge on any atom is -0.343 e. The van der Waals surface area contributed by atoms with Crippen LogP contribution in [0.3, 0.4) is 0 Å². The van der Waals surface area contributed by atoms with Crippen molar-refractivity contribution in [1.29, 1.82) is 0 Å². The van der Waals surface area contributed by atoms with Crippen molar-refractivity contribution in [3.63, 3.8) is 0 Å². The van der Waals surface area contributed by atoms with Crippen LogP contribution in [0.15, 0.2) is 12.1 Å². The molecule has 1 heterocycles. The van der Waals surface area contributed by atoms with Crippen LogP contribution >= 0.6 is 0 Å². The Morgan fingerprint density at radius 2 is 1.82 bits per heavy atom. The van der Waals surface area contributed by atoms with Crippen molar-refractivity contribution in [2.24, 2.45) is 5.92 Å². The number of carbonyl (C=O) groups is 2. The van der Waals surface area contributed by atoms with Crippen molar-refractivity contribution in [2.75, 3.05) is 18.4 Å². The number of piperidine rings is 1. The fourth-order valence-corrected chi connectivity index (χ4v) is 2.47. The number of likely N-dealkylation sites (tertiary alicyclic amines) is 1. The molecule has 1 aromatic carbocycles. The number of hydrogen-bond acceptors (Lipinski definition) is 2. The zero-order valence-corrected chi connectivity index (χ0v) is 12.2. The number of nitrogens with one attached hydrogen (secondary N) is 1. The van der Waals surface area contributed by atoms with Crippen LogP contribution in [0.2, 0.25) is 0 Å². The molecular formula is C15H17F3N2O2. The average molecular weight is 314 g/mol. The van der Waals surface area contributed by atoms with Crippen LogP contribution in [0.5, 0.6) is 0 Å². The molecule has 1 N–H and O–H groups in total. The van der Waals surface area contributed by atoms with E-state index in [1.54, 1.807) is 11.8 Å². The van der Waals surface area contributed by atoms with E-state index in [1.807, 2.05) is 0 Å². The molecule has 2 rings (SSSR count). The minimum atomic E-state index is -1.61. The van der Waals surface area contributed by atoms with Gasteiger partial charge < -0.3 is 10.2 Å². The summed E-state index contributed by atoms with van der Waals surface area (Å²) in [5.74, 6) is -5.12. The molecule has 0 bridgehead atoms. The van der Waals surface area contributed by atoms with E-state index in [2.05, 4.69) is 5.32 Å². The third kappa shape index (κ3) is 3.40. The first kappa shape index (κ1) is 16.3. The second-order valence-corrected chi connectivity index (χ2v) is 5.22. The Balaban J connectivity index is 1.97. The normalized spacial score (nSPS) is 15.7. The van der Waals surface area contributed by atoms with Gasteiger partial charge in [0, 0.05) is 25.4 Å². The molecule has 1 fully saturated rings. The fraction of sp³-hybridized carbons (Fsp3) is 0.467. The third-order valence-corrected chi connectivity index (χ3v) is 3.81. The number of benzene rings is 1. The fourth-order valence-electron chi connectivity index (χ4n) is 2.47. The SMILES string of the molecule is CCC(=O)N1CCC(C(=O)Nc2ccc(F)c(F)c2F)CC1. The Morgan fingerprint density at radius 3 is 2.41 bits per heavy atom. The van der Waals surface area contributed by atoms with Gasteiger partial charge in [0.2, 0.25) is 11.8 Å². The standard InChI is InChI=1S/C15H17F3N2O2/c1-2-12(21)20-7-5-9(6-8-20)15(22)19-11-4-3-10(16)13(17)14(11)18/h3-4,9H,2,5-8H2,1H3,(H,19,22). The predicted octanol–water partition coefficient (Wildman–Crippen LogP) is 2.69. The molecule has 7 heteroatoms. The van der Waals surface area contributed by atoms with Gasteiger partial charge in [-0.05, 0) is 25.0 Å². The van der Waals surface area contributed by atoms with Crippen molar-refractivity contribution >= 4 is 17.5 Å². The topological polar surface area (TPSA) is 49.4 Å². The van der Waals surface area contributed by atoms with Gasteiger partial charge in [0.05, 0.1) is 5.69 Å². The summed E-state index contributed by atoms with van der Waals surface area (Å²) in [5, 5.41) is 2.28. The van der Waals surface area contributed by atoms with Crippen molar-refractivity contribution in [3.8, 4) is 0 Å². The zero-order valence-electron chi connectivity index (χ0n) is 12.2. The lowest BCUT2D eigenvalue weighted by Gasteiger charge is -2.31. The number of rotatable bonds is 3. The van der Waals surface area contributed by atoms with E-state index >= 15 is 0 Å². The maximum Gasteiger partial charge on any atom is 0.227 e. The Bertz CT molecular complexity index is 584. The maximum absolute atomic E-state index is 13.5. The summed E-state index contributed by atoms with van der Waals surface area (Å²) in [7, 11) is 0. The maximum atomic E-state index is 13.5. The molecule has 0 unspecified atom stereocenters. The van der Waals surface area contributed by atoms with Crippen molar-refractivity contribution in [2.45, 2.75) is 26.2 Å². The van der Waals surface area contributed by atoms with E-state index in [1.165, 1.54) is 0 Å². The molecule has 0 aliphatic carbocycles. The van der Waals surface area contributed by atoms with Crippen LogP contribution in [0, 0.1) is 23.4 Å². The van der Waals surface area contributed by atoms with Crippen LogP contribution in [-0.4, -0.2) is 29.8 Å². The lowest BCUT2D eigenvalue weighted by molar-refractivity contribution is -0.134. The van der Waals surface area contributed by atoms with Crippen LogP contribution < -0.4 is 5.32 Å². The van der Waals surface area contributed by atoms with Gasteiger partial charge in [0.15, 0.2) is 17.5 Å². The minimum absolute atomic E-state index is 0.0329. The Morgan fingerprint density at radius 1 is 1.18 bits per heavy atom. The number of halogens is 3. The molecule has 0 atom stereocenters. The molecule has 0 radical (unpaired) electrons. The first-order valence-electron chi connectivity index (χ1n) is 7.16. The Labute approximate surface area is 126 Å². The monoisotopic (exact) mass is 314 g/mol. The molecule has 0 spiro atoms. The van der Waals surface area contributed by atoms with E-state index in [0.29, 0.717) is 32.4 Å². The van der Waals surface area contributed by atoms with Gasteiger partial charge in [0.25, 0.3) is 0 Å². The lowest BCUT2D eigenvalue weighted by atomic mass is 9.95. The van der Waals surface area contributed by atoms with E-state index in [0.717, 1.165) is 12.1 Å². The summed E-state index contributed by atoms with van der Waals surface area (Å²) in [4.78, 5) is 25.3. The summed E-state index contributed by atoms with van der Waals surface area (Å²) in [6.07, 6.45) is 1.34. The van der Waals surface area contributed by atoms with E-state index in [-0.39, 0.29) is 17.5 Å². The predicted molar refractivity (Wildman–Crippen MR) is 74.5 cm³/mol. The van der Waals surface area contributed by atoms with Gasteiger partial charge in [-0.3, -0.25) is 9.59 Å². The number of nitrogens with zero attached hydrogens (tertiary/aromatic N) is 1. The van der Waals surface area contributed by atoms with E-state index in [4.69, 9.17) is 0 Å². The van der Waals surface area contributed by atoms with Crippen LogP contribution in [0.25, 0.3) is 0 Å². The van der Waals surface area contributed by atoms with Gasteiger partial charge >= 0.3 is 0 Å². The molecule has 1 aromatic rings. The third-order valence-electron chi connectivity index (χ3n) is 3.81. The Hall–Kier alpha value is -2.05. The van der Waals surface area contributed by atoms with Crippen LogP contribution in [0.1, 0.15) is 26.2 Å². The zero-order chi connectivity index (χ0) is 16.3. The molecule has 2 amide bonds. The van der Waals surface area contributed by atoms with Gasteiger partial charge in [-0.15, -0.1) is 0 Å². The number of carbonyl (C=O) groups excluding carboxylic acids is 2. The first-order chi connectivity index (χ1) is 10.4. The number of hydrogen-bond donors (Lipinski definition) is 1. The molecule has 4 nitrogen and oxygen atoms in total. The average Bonchev–Trinajstić information content (AvgIpc) is 2.54. The van der Waals surface area contributed by atoms with Gasteiger partial charge in [-0.1, -0.05) is 6.92 Å². The van der Waals surface area contributed by atoms with E-state index in [9.17, 15) is 22.8 Å². The van der Waals surface area contributed by atoms with Crippen molar-refractivity contribution in [3.05, 3.63) is 29.6 Å². The number of amides is 2. The van der Waals surface area contributed by atoms with Gasteiger partial charge in [0.1, 0.15) is 0 Å². The smallest absolute Gasteiger partial charge is 0.227 e.